The lowest BCUT2D eigenvalue weighted by Crippen LogP contribution is -2.46. The number of rotatable bonds is 0. The number of nitrogens with zero attached hydrogens (tertiary/aromatic N) is 1. The number of piperidine rings is 1. The van der Waals surface area contributed by atoms with Gasteiger partial charge < -0.3 is 10.4 Å². The van der Waals surface area contributed by atoms with Crippen LogP contribution in [0.4, 0.5) is 0 Å². The van der Waals surface area contributed by atoms with Crippen LogP contribution in [-0.4, -0.2) is 23.8 Å². The van der Waals surface area contributed by atoms with Crippen LogP contribution >= 0.6 is 0 Å². The van der Waals surface area contributed by atoms with Crippen LogP contribution in [0.15, 0.2) is 0 Å². The first-order valence-electron chi connectivity index (χ1n) is 3.56. The zero-order chi connectivity index (χ0) is 7.56. The molecule has 0 aromatic carbocycles. The lowest BCUT2D eigenvalue weighted by Gasteiger charge is -2.29. The van der Waals surface area contributed by atoms with E-state index in [9.17, 15) is 5.11 Å². The lowest BCUT2D eigenvalue weighted by atomic mass is 9.91. The van der Waals surface area contributed by atoms with E-state index in [0.717, 1.165) is 6.54 Å². The van der Waals surface area contributed by atoms with Crippen molar-refractivity contribution in [3.05, 3.63) is 0 Å². The van der Waals surface area contributed by atoms with Crippen LogP contribution in [0.25, 0.3) is 0 Å². The van der Waals surface area contributed by atoms with Crippen molar-refractivity contribution in [2.75, 3.05) is 6.54 Å². The summed E-state index contributed by atoms with van der Waals surface area (Å²) in [5.41, 5.74) is 0. The molecular weight excluding hydrogens is 128 g/mol. The minimum atomic E-state index is -0.429. The van der Waals surface area contributed by atoms with E-state index in [-0.39, 0.29) is 12.0 Å². The fraction of sp³-hybridized carbons (Fsp3) is 0.857. The molecule has 1 saturated heterocycles. The fourth-order valence-electron chi connectivity index (χ4n) is 1.30. The lowest BCUT2D eigenvalue weighted by molar-refractivity contribution is 0.0838. The highest BCUT2D eigenvalue weighted by Gasteiger charge is 2.28. The van der Waals surface area contributed by atoms with Gasteiger partial charge in [0.2, 0.25) is 0 Å². The van der Waals surface area contributed by atoms with E-state index in [0.29, 0.717) is 6.42 Å². The molecule has 0 aromatic rings. The van der Waals surface area contributed by atoms with Gasteiger partial charge in [-0.05, 0) is 19.9 Å². The average Bonchev–Trinajstić information content (AvgIpc) is 1.88. The second-order valence-electron chi connectivity index (χ2n) is 2.75. The molecule has 0 radical (unpaired) electrons. The van der Waals surface area contributed by atoms with Crippen molar-refractivity contribution in [2.24, 2.45) is 5.92 Å². The van der Waals surface area contributed by atoms with Gasteiger partial charge in [0.25, 0.3) is 0 Å². The summed E-state index contributed by atoms with van der Waals surface area (Å²) in [6.07, 6.45) is 0.268. The molecule has 1 heterocycles. The Hall–Kier alpha value is -0.590. The van der Waals surface area contributed by atoms with Crippen molar-refractivity contribution in [3.8, 4) is 6.07 Å². The van der Waals surface area contributed by atoms with Gasteiger partial charge in [-0.3, -0.25) is 0 Å². The highest BCUT2D eigenvalue weighted by atomic mass is 16.3. The van der Waals surface area contributed by atoms with E-state index >= 15 is 0 Å². The average molecular weight is 140 g/mol. The first kappa shape index (κ1) is 7.52. The molecule has 1 aliphatic heterocycles. The molecule has 0 saturated carbocycles. The van der Waals surface area contributed by atoms with Gasteiger partial charge in [0.1, 0.15) is 0 Å². The highest BCUT2D eigenvalue weighted by Crippen LogP contribution is 2.15. The Kier molecular flexibility index (Phi) is 2.25. The van der Waals surface area contributed by atoms with Crippen LogP contribution in [0.2, 0.25) is 0 Å². The van der Waals surface area contributed by atoms with Crippen molar-refractivity contribution >= 4 is 0 Å². The Labute approximate surface area is 60.7 Å². The summed E-state index contributed by atoms with van der Waals surface area (Å²) in [6.45, 7) is 2.75. The molecule has 3 nitrogen and oxygen atoms in total. The summed E-state index contributed by atoms with van der Waals surface area (Å²) in [6, 6.07) is 2.22. The van der Waals surface area contributed by atoms with Crippen molar-refractivity contribution in [1.82, 2.24) is 5.32 Å². The first-order valence-corrected chi connectivity index (χ1v) is 3.56. The molecule has 56 valence electrons. The van der Waals surface area contributed by atoms with Crippen LogP contribution in [0.1, 0.15) is 13.3 Å². The minimum Gasteiger partial charge on any atom is -0.392 e. The van der Waals surface area contributed by atoms with Gasteiger partial charge in [0.05, 0.1) is 18.1 Å². The molecule has 10 heavy (non-hydrogen) atoms. The largest absolute Gasteiger partial charge is 0.392 e. The zero-order valence-corrected chi connectivity index (χ0v) is 6.04. The second-order valence-corrected chi connectivity index (χ2v) is 2.75. The van der Waals surface area contributed by atoms with Gasteiger partial charge in [-0.15, -0.1) is 0 Å². The quantitative estimate of drug-likeness (QED) is 0.492. The molecule has 3 atom stereocenters. The van der Waals surface area contributed by atoms with Crippen molar-refractivity contribution in [3.63, 3.8) is 0 Å². The normalized spacial score (nSPS) is 40.7. The van der Waals surface area contributed by atoms with E-state index in [1.54, 1.807) is 0 Å². The maximum Gasteiger partial charge on any atom is 0.0873 e. The van der Waals surface area contributed by atoms with Gasteiger partial charge in [-0.2, -0.15) is 5.26 Å². The second kappa shape index (κ2) is 3.00. The number of nitrogens with one attached hydrogen (secondary N) is 1. The molecule has 0 amide bonds. The first-order chi connectivity index (χ1) is 4.75. The SMILES string of the molecule is CC1NCCC(O)C1C#N. The van der Waals surface area contributed by atoms with Gasteiger partial charge in [0.15, 0.2) is 0 Å². The third kappa shape index (κ3) is 1.28. The molecule has 0 bridgehead atoms. The number of hydrogen-bond acceptors (Lipinski definition) is 3. The van der Waals surface area contributed by atoms with E-state index in [1.165, 1.54) is 0 Å². The van der Waals surface area contributed by atoms with Gasteiger partial charge >= 0.3 is 0 Å². The van der Waals surface area contributed by atoms with Crippen LogP contribution in [0.5, 0.6) is 0 Å². The summed E-state index contributed by atoms with van der Waals surface area (Å²) < 4.78 is 0. The topological polar surface area (TPSA) is 56.0 Å². The van der Waals surface area contributed by atoms with E-state index in [2.05, 4.69) is 11.4 Å². The Morgan fingerprint density at radius 1 is 1.70 bits per heavy atom. The third-order valence-corrected chi connectivity index (χ3v) is 2.01. The van der Waals surface area contributed by atoms with Crippen molar-refractivity contribution < 1.29 is 5.11 Å². The predicted octanol–water partition coefficient (Wildman–Crippen LogP) is -0.131. The van der Waals surface area contributed by atoms with Crippen molar-refractivity contribution in [2.45, 2.75) is 25.5 Å². The van der Waals surface area contributed by atoms with Crippen molar-refractivity contribution in [1.29, 1.82) is 5.26 Å². The standard InChI is InChI=1S/C7H12N2O/c1-5-6(4-8)7(10)2-3-9-5/h5-7,9-10H,2-3H2,1H3. The molecular formula is C7H12N2O. The molecule has 1 fully saturated rings. The zero-order valence-electron chi connectivity index (χ0n) is 6.04. The molecule has 3 unspecified atom stereocenters. The molecule has 0 aromatic heterocycles. The van der Waals surface area contributed by atoms with Crippen LogP contribution in [0.3, 0.4) is 0 Å². The maximum absolute atomic E-state index is 9.28. The molecule has 0 spiro atoms. The monoisotopic (exact) mass is 140 g/mol. The Morgan fingerprint density at radius 2 is 2.40 bits per heavy atom. The smallest absolute Gasteiger partial charge is 0.0873 e. The van der Waals surface area contributed by atoms with Crippen LogP contribution in [-0.2, 0) is 0 Å². The number of nitriles is 1. The summed E-state index contributed by atoms with van der Waals surface area (Å²) in [4.78, 5) is 0. The maximum atomic E-state index is 9.28. The van der Waals surface area contributed by atoms with Gasteiger partial charge in [0, 0.05) is 6.04 Å². The summed E-state index contributed by atoms with van der Waals surface area (Å²) in [5.74, 6) is -0.228. The number of aliphatic hydroxyl groups is 1. The van der Waals surface area contributed by atoms with E-state index in [4.69, 9.17) is 5.26 Å². The van der Waals surface area contributed by atoms with E-state index in [1.807, 2.05) is 6.92 Å². The predicted molar refractivity (Wildman–Crippen MR) is 37.2 cm³/mol. The summed E-state index contributed by atoms with van der Waals surface area (Å²) in [7, 11) is 0. The highest BCUT2D eigenvalue weighted by molar-refractivity contribution is 4.97. The summed E-state index contributed by atoms with van der Waals surface area (Å²) >= 11 is 0. The Bertz CT molecular complexity index is 142. The Morgan fingerprint density at radius 3 is 2.80 bits per heavy atom. The third-order valence-electron chi connectivity index (χ3n) is 2.01. The fourth-order valence-corrected chi connectivity index (χ4v) is 1.30. The van der Waals surface area contributed by atoms with E-state index < -0.39 is 6.10 Å². The molecule has 1 aliphatic rings. The number of hydrogen-bond donors (Lipinski definition) is 2. The number of aliphatic hydroxyl groups excluding tert-OH is 1. The molecule has 0 aliphatic carbocycles. The minimum absolute atomic E-state index is 0.133. The molecule has 2 N–H and O–H groups in total. The summed E-state index contributed by atoms with van der Waals surface area (Å²) in [5, 5.41) is 21.0. The van der Waals surface area contributed by atoms with Gasteiger partial charge in [-0.25, -0.2) is 0 Å². The molecule has 3 heteroatoms. The Balaban J connectivity index is 2.56. The molecule has 1 rings (SSSR count). The van der Waals surface area contributed by atoms with Crippen LogP contribution < -0.4 is 5.32 Å². The van der Waals surface area contributed by atoms with Crippen LogP contribution in [0, 0.1) is 17.2 Å². The van der Waals surface area contributed by atoms with Gasteiger partial charge in [-0.1, -0.05) is 0 Å².